The molecule has 0 unspecified atom stereocenters. The van der Waals surface area contributed by atoms with E-state index in [9.17, 15) is 0 Å². The minimum atomic E-state index is 0.681. The minimum absolute atomic E-state index is 0.681. The fourth-order valence-electron chi connectivity index (χ4n) is 2.50. The average Bonchev–Trinajstić information content (AvgIpc) is 2.88. The molecule has 0 saturated carbocycles. The first-order chi connectivity index (χ1) is 9.26. The van der Waals surface area contributed by atoms with Crippen molar-refractivity contribution < 1.29 is 4.74 Å². The molecular weight excluding hydrogens is 254 g/mol. The second-order valence-corrected chi connectivity index (χ2v) is 5.94. The van der Waals surface area contributed by atoms with E-state index in [0.29, 0.717) is 5.69 Å². The third-order valence-corrected chi connectivity index (χ3v) is 4.49. The Kier molecular flexibility index (Phi) is 3.38. The SMILES string of the molecule is COc1cc(Sc2ccc3c(c2)CCC3)ccc1N. The number of hydrogen-bond donors (Lipinski definition) is 1. The van der Waals surface area contributed by atoms with Crippen molar-refractivity contribution in [2.45, 2.75) is 29.1 Å². The lowest BCUT2D eigenvalue weighted by atomic mass is 10.1. The van der Waals surface area contributed by atoms with Crippen LogP contribution in [0.1, 0.15) is 17.5 Å². The number of fused-ring (bicyclic) bond motifs is 1. The molecule has 19 heavy (non-hydrogen) atoms. The molecule has 1 aliphatic carbocycles. The molecule has 0 aromatic heterocycles. The Balaban J connectivity index is 1.85. The van der Waals surface area contributed by atoms with Crippen molar-refractivity contribution in [1.29, 1.82) is 0 Å². The van der Waals surface area contributed by atoms with Gasteiger partial charge < -0.3 is 10.5 Å². The van der Waals surface area contributed by atoms with Gasteiger partial charge in [-0.25, -0.2) is 0 Å². The third kappa shape index (κ3) is 2.56. The number of rotatable bonds is 3. The van der Waals surface area contributed by atoms with Gasteiger partial charge in [0.05, 0.1) is 12.8 Å². The monoisotopic (exact) mass is 271 g/mol. The van der Waals surface area contributed by atoms with Crippen LogP contribution in [0.25, 0.3) is 0 Å². The van der Waals surface area contributed by atoms with Crippen LogP contribution in [0.2, 0.25) is 0 Å². The predicted octanol–water partition coefficient (Wildman–Crippen LogP) is 3.92. The molecule has 1 aliphatic rings. The molecular formula is C16H17NOS. The van der Waals surface area contributed by atoms with Crippen molar-refractivity contribution in [3.8, 4) is 5.75 Å². The first kappa shape index (κ1) is 12.4. The predicted molar refractivity (Wildman–Crippen MR) is 80.0 cm³/mol. The molecule has 0 saturated heterocycles. The highest BCUT2D eigenvalue weighted by molar-refractivity contribution is 7.99. The Bertz CT molecular complexity index is 601. The van der Waals surface area contributed by atoms with Crippen LogP contribution in [-0.2, 0) is 12.8 Å². The second-order valence-electron chi connectivity index (χ2n) is 4.79. The summed E-state index contributed by atoms with van der Waals surface area (Å²) in [6.07, 6.45) is 3.74. The van der Waals surface area contributed by atoms with Crippen molar-refractivity contribution >= 4 is 17.4 Å². The maximum atomic E-state index is 5.83. The number of methoxy groups -OCH3 is 1. The highest BCUT2D eigenvalue weighted by Gasteiger charge is 2.11. The molecule has 2 nitrogen and oxygen atoms in total. The Labute approximate surface area is 118 Å². The minimum Gasteiger partial charge on any atom is -0.495 e. The van der Waals surface area contributed by atoms with Crippen molar-refractivity contribution in [3.63, 3.8) is 0 Å². The molecule has 2 aromatic carbocycles. The first-order valence-electron chi connectivity index (χ1n) is 6.49. The Morgan fingerprint density at radius 3 is 2.58 bits per heavy atom. The zero-order valence-electron chi connectivity index (χ0n) is 11.0. The maximum Gasteiger partial charge on any atom is 0.142 e. The van der Waals surface area contributed by atoms with Gasteiger partial charge in [-0.15, -0.1) is 0 Å². The summed E-state index contributed by atoms with van der Waals surface area (Å²) in [5.74, 6) is 0.742. The molecule has 0 fully saturated rings. The van der Waals surface area contributed by atoms with Gasteiger partial charge in [0.25, 0.3) is 0 Å². The Morgan fingerprint density at radius 2 is 1.74 bits per heavy atom. The zero-order valence-corrected chi connectivity index (χ0v) is 11.8. The summed E-state index contributed by atoms with van der Waals surface area (Å²) in [4.78, 5) is 2.44. The summed E-state index contributed by atoms with van der Waals surface area (Å²) in [6.45, 7) is 0. The molecule has 0 heterocycles. The number of aryl methyl sites for hydroxylation is 2. The standard InChI is InChI=1S/C16H17NOS/c1-18-16-10-14(7-8-15(16)17)19-13-6-5-11-3-2-4-12(11)9-13/h5-10H,2-4,17H2,1H3. The largest absolute Gasteiger partial charge is 0.495 e. The van der Waals surface area contributed by atoms with Crippen molar-refractivity contribution in [1.82, 2.24) is 0 Å². The van der Waals surface area contributed by atoms with E-state index in [1.54, 1.807) is 18.9 Å². The molecule has 3 heteroatoms. The van der Waals surface area contributed by atoms with Crippen molar-refractivity contribution in [2.75, 3.05) is 12.8 Å². The lowest BCUT2D eigenvalue weighted by Gasteiger charge is -2.08. The number of benzene rings is 2. The van der Waals surface area contributed by atoms with E-state index in [1.165, 1.54) is 35.3 Å². The first-order valence-corrected chi connectivity index (χ1v) is 7.31. The molecule has 0 bridgehead atoms. The van der Waals surface area contributed by atoms with Crippen LogP contribution in [0.3, 0.4) is 0 Å². The number of hydrogen-bond acceptors (Lipinski definition) is 3. The molecule has 98 valence electrons. The Hall–Kier alpha value is -1.61. The van der Waals surface area contributed by atoms with Gasteiger partial charge in [-0.05, 0) is 60.7 Å². The van der Waals surface area contributed by atoms with Crippen LogP contribution in [0.15, 0.2) is 46.2 Å². The average molecular weight is 271 g/mol. The summed E-state index contributed by atoms with van der Waals surface area (Å²) in [5, 5.41) is 0. The second kappa shape index (κ2) is 5.17. The summed E-state index contributed by atoms with van der Waals surface area (Å²) >= 11 is 1.76. The van der Waals surface area contributed by atoms with Crippen LogP contribution in [-0.4, -0.2) is 7.11 Å². The van der Waals surface area contributed by atoms with Gasteiger partial charge in [0, 0.05) is 9.79 Å². The molecule has 0 atom stereocenters. The summed E-state index contributed by atoms with van der Waals surface area (Å²) in [5.41, 5.74) is 9.53. The third-order valence-electron chi connectivity index (χ3n) is 3.51. The van der Waals surface area contributed by atoms with Gasteiger partial charge in [0.2, 0.25) is 0 Å². The maximum absolute atomic E-state index is 5.83. The van der Waals surface area contributed by atoms with Crippen LogP contribution in [0.4, 0.5) is 5.69 Å². The van der Waals surface area contributed by atoms with E-state index in [2.05, 4.69) is 18.2 Å². The molecule has 0 amide bonds. The molecule has 0 radical (unpaired) electrons. The van der Waals surface area contributed by atoms with Gasteiger partial charge in [0.15, 0.2) is 0 Å². The molecule has 2 N–H and O–H groups in total. The fraction of sp³-hybridized carbons (Fsp3) is 0.250. The topological polar surface area (TPSA) is 35.2 Å². The van der Waals surface area contributed by atoms with E-state index in [4.69, 9.17) is 10.5 Å². The molecule has 3 rings (SSSR count). The van der Waals surface area contributed by atoms with E-state index < -0.39 is 0 Å². The highest BCUT2D eigenvalue weighted by Crippen LogP contribution is 2.35. The lowest BCUT2D eigenvalue weighted by molar-refractivity contribution is 0.416. The van der Waals surface area contributed by atoms with Gasteiger partial charge >= 0.3 is 0 Å². The van der Waals surface area contributed by atoms with E-state index in [0.717, 1.165) is 10.6 Å². The van der Waals surface area contributed by atoms with E-state index in [1.807, 2.05) is 18.2 Å². The lowest BCUT2D eigenvalue weighted by Crippen LogP contribution is -1.91. The van der Waals surface area contributed by atoms with E-state index >= 15 is 0 Å². The fourth-order valence-corrected chi connectivity index (χ4v) is 3.41. The summed E-state index contributed by atoms with van der Waals surface area (Å²) in [6, 6.07) is 12.7. The smallest absolute Gasteiger partial charge is 0.142 e. The Morgan fingerprint density at radius 1 is 1.00 bits per heavy atom. The number of nitrogen functional groups attached to an aromatic ring is 1. The van der Waals surface area contributed by atoms with Crippen molar-refractivity contribution in [2.24, 2.45) is 0 Å². The summed E-state index contributed by atoms with van der Waals surface area (Å²) < 4.78 is 5.26. The van der Waals surface area contributed by atoms with Crippen LogP contribution < -0.4 is 10.5 Å². The van der Waals surface area contributed by atoms with Gasteiger partial charge in [-0.1, -0.05) is 17.8 Å². The summed E-state index contributed by atoms with van der Waals surface area (Å²) in [7, 11) is 1.65. The normalized spacial score (nSPS) is 13.3. The van der Waals surface area contributed by atoms with Crippen LogP contribution in [0, 0.1) is 0 Å². The highest BCUT2D eigenvalue weighted by atomic mass is 32.2. The zero-order chi connectivity index (χ0) is 13.2. The van der Waals surface area contributed by atoms with Gasteiger partial charge in [0.1, 0.15) is 5.75 Å². The number of anilines is 1. The van der Waals surface area contributed by atoms with Crippen LogP contribution in [0.5, 0.6) is 5.75 Å². The van der Waals surface area contributed by atoms with Gasteiger partial charge in [-0.2, -0.15) is 0 Å². The van der Waals surface area contributed by atoms with E-state index in [-0.39, 0.29) is 0 Å². The van der Waals surface area contributed by atoms with Crippen LogP contribution >= 0.6 is 11.8 Å². The number of nitrogens with two attached hydrogens (primary N) is 1. The number of ether oxygens (including phenoxy) is 1. The van der Waals surface area contributed by atoms with Crippen molar-refractivity contribution in [3.05, 3.63) is 47.5 Å². The molecule has 0 aliphatic heterocycles. The molecule has 2 aromatic rings. The quantitative estimate of drug-likeness (QED) is 0.859. The van der Waals surface area contributed by atoms with Gasteiger partial charge in [-0.3, -0.25) is 0 Å². The molecule has 0 spiro atoms.